The van der Waals surface area contributed by atoms with E-state index in [-0.39, 0.29) is 18.5 Å². The van der Waals surface area contributed by atoms with Crippen molar-refractivity contribution in [2.45, 2.75) is 75.9 Å². The van der Waals surface area contributed by atoms with Crippen LogP contribution in [0.5, 0.6) is 5.75 Å². The maximum atomic E-state index is 13.0. The molecule has 2 aliphatic carbocycles. The second-order valence-electron chi connectivity index (χ2n) is 9.86. The molecule has 5 heteroatoms. The highest BCUT2D eigenvalue weighted by Gasteiger charge is 2.37. The Hall–Kier alpha value is -2.11. The lowest BCUT2D eigenvalue weighted by Crippen LogP contribution is -2.40. The first-order chi connectivity index (χ1) is 14.9. The number of hydrogen-bond acceptors (Lipinski definition) is 4. The maximum absolute atomic E-state index is 13.0. The molecule has 0 unspecified atom stereocenters. The molecule has 2 aromatic rings. The summed E-state index contributed by atoms with van der Waals surface area (Å²) in [5.41, 5.74) is 8.98. The van der Waals surface area contributed by atoms with Crippen LogP contribution in [0.1, 0.15) is 79.0 Å². The Labute approximate surface area is 185 Å². The molecule has 2 atom stereocenters. The average molecular weight is 425 g/mol. The highest BCUT2D eigenvalue weighted by Crippen LogP contribution is 2.40. The molecule has 2 aliphatic rings. The number of aromatic nitrogens is 1. The lowest BCUT2D eigenvalue weighted by molar-refractivity contribution is 0.0894. The second kappa shape index (κ2) is 9.17. The summed E-state index contributed by atoms with van der Waals surface area (Å²) in [6.45, 7) is 2.10. The number of aliphatic hydroxyl groups is 1. The van der Waals surface area contributed by atoms with Crippen LogP contribution in [-0.4, -0.2) is 33.7 Å². The SMILES string of the molecule is Cc1ccc(O[C@H]2CC[C@H](CC(=O)c3ccc([C@H]4CC[C@](N)(CO)C4)n3C)CC2)cc1. The zero-order valence-electron chi connectivity index (χ0n) is 18.8. The maximum Gasteiger partial charge on any atom is 0.179 e. The summed E-state index contributed by atoms with van der Waals surface area (Å²) in [4.78, 5) is 13.0. The van der Waals surface area contributed by atoms with Crippen LogP contribution in [0.25, 0.3) is 0 Å². The van der Waals surface area contributed by atoms with Gasteiger partial charge in [0, 0.05) is 30.6 Å². The van der Waals surface area contributed by atoms with Gasteiger partial charge >= 0.3 is 0 Å². The summed E-state index contributed by atoms with van der Waals surface area (Å²) in [6, 6.07) is 12.3. The van der Waals surface area contributed by atoms with Crippen molar-refractivity contribution in [3.63, 3.8) is 0 Å². The number of Topliss-reactive ketones (excluding diaryl/α,β-unsaturated/α-hetero) is 1. The fraction of sp³-hybridized carbons (Fsp3) is 0.577. The fourth-order valence-electron chi connectivity index (χ4n) is 5.40. The normalized spacial score (nSPS) is 28.6. The first-order valence-electron chi connectivity index (χ1n) is 11.7. The van der Waals surface area contributed by atoms with Gasteiger partial charge in [0.15, 0.2) is 5.78 Å². The first kappa shape index (κ1) is 22.1. The van der Waals surface area contributed by atoms with E-state index in [1.165, 1.54) is 11.3 Å². The Kier molecular flexibility index (Phi) is 6.54. The van der Waals surface area contributed by atoms with Crippen LogP contribution in [0.4, 0.5) is 0 Å². The van der Waals surface area contributed by atoms with Gasteiger partial charge in [-0.3, -0.25) is 4.79 Å². The Morgan fingerprint density at radius 1 is 1.13 bits per heavy atom. The number of aryl methyl sites for hydroxylation is 1. The number of hydrogen-bond donors (Lipinski definition) is 2. The number of benzene rings is 1. The predicted molar refractivity (Wildman–Crippen MR) is 123 cm³/mol. The van der Waals surface area contributed by atoms with Gasteiger partial charge < -0.3 is 20.1 Å². The Morgan fingerprint density at radius 2 is 1.84 bits per heavy atom. The highest BCUT2D eigenvalue weighted by molar-refractivity contribution is 5.95. The number of nitrogens with two attached hydrogens (primary N) is 1. The van der Waals surface area contributed by atoms with Gasteiger partial charge in [-0.25, -0.2) is 0 Å². The van der Waals surface area contributed by atoms with Gasteiger partial charge in [-0.2, -0.15) is 0 Å². The highest BCUT2D eigenvalue weighted by atomic mass is 16.5. The molecule has 0 radical (unpaired) electrons. The quantitative estimate of drug-likeness (QED) is 0.642. The van der Waals surface area contributed by atoms with Gasteiger partial charge in [-0.05, 0) is 82.1 Å². The molecule has 0 bridgehead atoms. The van der Waals surface area contributed by atoms with Crippen LogP contribution < -0.4 is 10.5 Å². The fourth-order valence-corrected chi connectivity index (χ4v) is 5.40. The third-order valence-electron chi connectivity index (χ3n) is 7.41. The van der Waals surface area contributed by atoms with Crippen molar-refractivity contribution in [3.8, 4) is 5.75 Å². The zero-order valence-corrected chi connectivity index (χ0v) is 18.8. The molecule has 2 fully saturated rings. The number of ketones is 1. The van der Waals surface area contributed by atoms with Crippen molar-refractivity contribution >= 4 is 5.78 Å². The molecule has 0 spiro atoms. The van der Waals surface area contributed by atoms with Crippen molar-refractivity contribution < 1.29 is 14.6 Å². The number of aliphatic hydroxyl groups excluding tert-OH is 1. The summed E-state index contributed by atoms with van der Waals surface area (Å²) in [6.07, 6.45) is 7.52. The molecule has 1 aromatic carbocycles. The molecular formula is C26H36N2O3. The first-order valence-corrected chi connectivity index (χ1v) is 11.7. The van der Waals surface area contributed by atoms with Crippen molar-refractivity contribution in [1.82, 2.24) is 4.57 Å². The topological polar surface area (TPSA) is 77.5 Å². The Bertz CT molecular complexity index is 896. The number of ether oxygens (including phenoxy) is 1. The third-order valence-corrected chi connectivity index (χ3v) is 7.41. The Morgan fingerprint density at radius 3 is 2.48 bits per heavy atom. The summed E-state index contributed by atoms with van der Waals surface area (Å²) in [7, 11) is 1.99. The number of carbonyl (C=O) groups excluding carboxylic acids is 1. The summed E-state index contributed by atoms with van der Waals surface area (Å²) in [5.74, 6) is 1.92. The minimum Gasteiger partial charge on any atom is -0.490 e. The molecule has 5 nitrogen and oxygen atoms in total. The average Bonchev–Trinajstić information content (AvgIpc) is 3.34. The summed E-state index contributed by atoms with van der Waals surface area (Å²) >= 11 is 0. The van der Waals surface area contributed by atoms with Gasteiger partial charge in [0.1, 0.15) is 5.75 Å². The van der Waals surface area contributed by atoms with Crippen LogP contribution in [0.2, 0.25) is 0 Å². The smallest absolute Gasteiger partial charge is 0.179 e. The Balaban J connectivity index is 1.29. The van der Waals surface area contributed by atoms with E-state index in [1.54, 1.807) is 0 Å². The van der Waals surface area contributed by atoms with Crippen molar-refractivity contribution in [3.05, 3.63) is 53.3 Å². The van der Waals surface area contributed by atoms with Crippen LogP contribution in [-0.2, 0) is 7.05 Å². The van der Waals surface area contributed by atoms with Crippen molar-refractivity contribution in [1.29, 1.82) is 0 Å². The second-order valence-corrected chi connectivity index (χ2v) is 9.86. The number of rotatable bonds is 7. The molecule has 31 heavy (non-hydrogen) atoms. The molecule has 0 aliphatic heterocycles. The molecule has 3 N–H and O–H groups in total. The van der Waals surface area contributed by atoms with Crippen LogP contribution in [0, 0.1) is 12.8 Å². The molecule has 4 rings (SSSR count). The predicted octanol–water partition coefficient (Wildman–Crippen LogP) is 4.50. The monoisotopic (exact) mass is 424 g/mol. The van der Waals surface area contributed by atoms with Crippen molar-refractivity contribution in [2.75, 3.05) is 6.61 Å². The number of carbonyl (C=O) groups is 1. The summed E-state index contributed by atoms with van der Waals surface area (Å²) in [5, 5.41) is 9.55. The van der Waals surface area contributed by atoms with E-state index in [9.17, 15) is 9.90 Å². The van der Waals surface area contributed by atoms with E-state index in [1.807, 2.05) is 25.2 Å². The van der Waals surface area contributed by atoms with Gasteiger partial charge in [0.05, 0.1) is 18.4 Å². The summed E-state index contributed by atoms with van der Waals surface area (Å²) < 4.78 is 8.19. The van der Waals surface area contributed by atoms with Crippen LogP contribution >= 0.6 is 0 Å². The van der Waals surface area contributed by atoms with Gasteiger partial charge in [0.25, 0.3) is 0 Å². The van der Waals surface area contributed by atoms with E-state index in [2.05, 4.69) is 29.7 Å². The molecule has 0 saturated heterocycles. The van der Waals surface area contributed by atoms with Gasteiger partial charge in [-0.1, -0.05) is 17.7 Å². The zero-order chi connectivity index (χ0) is 22.0. The van der Waals surface area contributed by atoms with Crippen LogP contribution in [0.3, 0.4) is 0 Å². The van der Waals surface area contributed by atoms with E-state index in [0.717, 1.165) is 56.4 Å². The molecule has 168 valence electrons. The largest absolute Gasteiger partial charge is 0.490 e. The molecular weight excluding hydrogens is 388 g/mol. The van der Waals surface area contributed by atoms with Gasteiger partial charge in [0.2, 0.25) is 0 Å². The van der Waals surface area contributed by atoms with Crippen LogP contribution in [0.15, 0.2) is 36.4 Å². The van der Waals surface area contributed by atoms with E-state index in [4.69, 9.17) is 10.5 Å². The van der Waals surface area contributed by atoms with E-state index < -0.39 is 5.54 Å². The molecule has 1 heterocycles. The van der Waals surface area contributed by atoms with Crippen molar-refractivity contribution in [2.24, 2.45) is 18.7 Å². The van der Waals surface area contributed by atoms with E-state index >= 15 is 0 Å². The van der Waals surface area contributed by atoms with Gasteiger partial charge in [-0.15, -0.1) is 0 Å². The minimum atomic E-state index is -0.474. The lowest BCUT2D eigenvalue weighted by atomic mass is 9.84. The molecule has 0 amide bonds. The van der Waals surface area contributed by atoms with E-state index in [0.29, 0.717) is 18.3 Å². The number of nitrogens with zero attached hydrogens (tertiary/aromatic N) is 1. The molecule has 2 saturated carbocycles. The third kappa shape index (κ3) is 5.04. The molecule has 1 aromatic heterocycles. The minimum absolute atomic E-state index is 0.0238. The standard InChI is InChI=1S/C26H36N2O3/c1-18-3-7-21(8-4-18)31-22-9-5-19(6-10-22)15-25(30)24-12-11-23(28(24)2)20-13-14-26(27,16-20)17-29/h3-4,7-8,11-12,19-20,22,29H,5-6,9-10,13-17,27H2,1-2H3/t19-,20-,22-,26+/m0/s1. The lowest BCUT2D eigenvalue weighted by Gasteiger charge is -2.28.